The molecule has 0 aliphatic heterocycles. The van der Waals surface area contributed by atoms with Gasteiger partial charge in [0, 0.05) is 19.3 Å². The van der Waals surface area contributed by atoms with Gasteiger partial charge in [-0.3, -0.25) is 0 Å². The second-order valence-corrected chi connectivity index (χ2v) is 4.91. The highest BCUT2D eigenvalue weighted by Crippen LogP contribution is 2.23. The van der Waals surface area contributed by atoms with Crippen molar-refractivity contribution in [2.24, 2.45) is 5.73 Å². The molecule has 1 aliphatic rings. The number of hydrogen-bond acceptors (Lipinski definition) is 2. The summed E-state index contributed by atoms with van der Waals surface area (Å²) in [5, 5.41) is 0. The van der Waals surface area contributed by atoms with Crippen molar-refractivity contribution in [3.8, 4) is 0 Å². The van der Waals surface area contributed by atoms with Crippen LogP contribution in [-0.4, -0.2) is 19.3 Å². The molecule has 0 heterocycles. The van der Waals surface area contributed by atoms with E-state index in [0.717, 1.165) is 26.1 Å². The number of hydrogen-bond donors (Lipinski definition) is 1. The van der Waals surface area contributed by atoms with Crippen LogP contribution in [0.5, 0.6) is 0 Å². The van der Waals surface area contributed by atoms with Crippen LogP contribution < -0.4 is 5.73 Å². The highest BCUT2D eigenvalue weighted by atomic mass is 16.5. The predicted molar refractivity (Wildman–Crippen MR) is 71.3 cm³/mol. The largest absolute Gasteiger partial charge is 0.382 e. The molecule has 0 saturated heterocycles. The van der Waals surface area contributed by atoms with Crippen LogP contribution in [-0.2, 0) is 24.0 Å². The Morgan fingerprint density at radius 2 is 2.12 bits per heavy atom. The monoisotopic (exact) mass is 233 g/mol. The molecule has 2 N–H and O–H groups in total. The molecule has 0 amide bonds. The van der Waals surface area contributed by atoms with Crippen molar-refractivity contribution in [3.63, 3.8) is 0 Å². The molecule has 1 aromatic carbocycles. The van der Waals surface area contributed by atoms with E-state index in [1.807, 2.05) is 6.92 Å². The van der Waals surface area contributed by atoms with Crippen molar-refractivity contribution in [2.75, 3.05) is 13.2 Å². The molecule has 17 heavy (non-hydrogen) atoms. The van der Waals surface area contributed by atoms with E-state index in [9.17, 15) is 0 Å². The smallest absolute Gasteiger partial charge is 0.0480 e. The Labute approximate surface area is 104 Å². The number of nitrogens with two attached hydrogens (primary N) is 1. The minimum atomic E-state index is 0.223. The van der Waals surface area contributed by atoms with E-state index in [1.54, 1.807) is 5.56 Å². The van der Waals surface area contributed by atoms with Gasteiger partial charge in [0.05, 0.1) is 0 Å². The lowest BCUT2D eigenvalue weighted by Crippen LogP contribution is -2.24. The minimum Gasteiger partial charge on any atom is -0.382 e. The molecule has 0 radical (unpaired) electrons. The molecule has 1 unspecified atom stereocenters. The van der Waals surface area contributed by atoms with E-state index in [1.165, 1.54) is 30.4 Å². The zero-order valence-electron chi connectivity index (χ0n) is 10.7. The molecule has 1 aromatic rings. The van der Waals surface area contributed by atoms with Crippen LogP contribution in [0.4, 0.5) is 0 Å². The number of benzene rings is 1. The fourth-order valence-corrected chi connectivity index (χ4v) is 2.54. The molecule has 94 valence electrons. The molecule has 1 atom stereocenters. The Bertz CT molecular complexity index is 362. The lowest BCUT2D eigenvalue weighted by molar-refractivity contribution is 0.140. The molecule has 0 saturated carbocycles. The van der Waals surface area contributed by atoms with E-state index in [2.05, 4.69) is 18.2 Å². The summed E-state index contributed by atoms with van der Waals surface area (Å²) >= 11 is 0. The molecular formula is C15H23NO. The van der Waals surface area contributed by atoms with Crippen LogP contribution in [0.3, 0.4) is 0 Å². The zero-order chi connectivity index (χ0) is 12.1. The second-order valence-electron chi connectivity index (χ2n) is 4.91. The van der Waals surface area contributed by atoms with E-state index in [-0.39, 0.29) is 6.04 Å². The van der Waals surface area contributed by atoms with Crippen molar-refractivity contribution >= 4 is 0 Å². The normalized spacial score (nSPS) is 15.9. The van der Waals surface area contributed by atoms with Gasteiger partial charge in [0.15, 0.2) is 0 Å². The summed E-state index contributed by atoms with van der Waals surface area (Å²) in [5.41, 5.74) is 10.6. The van der Waals surface area contributed by atoms with Crippen molar-refractivity contribution < 1.29 is 4.74 Å². The van der Waals surface area contributed by atoms with Crippen molar-refractivity contribution in [2.45, 2.75) is 45.1 Å². The lowest BCUT2D eigenvalue weighted by Gasteiger charge is -2.12. The van der Waals surface area contributed by atoms with Crippen LogP contribution in [0.15, 0.2) is 18.2 Å². The summed E-state index contributed by atoms with van der Waals surface area (Å²) in [6, 6.07) is 7.10. The number of ether oxygens (including phenoxy) is 1. The van der Waals surface area contributed by atoms with Crippen molar-refractivity contribution in [3.05, 3.63) is 34.9 Å². The quantitative estimate of drug-likeness (QED) is 0.766. The van der Waals surface area contributed by atoms with Gasteiger partial charge in [0.2, 0.25) is 0 Å². The summed E-state index contributed by atoms with van der Waals surface area (Å²) < 4.78 is 5.34. The van der Waals surface area contributed by atoms with Gasteiger partial charge in [-0.25, -0.2) is 0 Å². The maximum absolute atomic E-state index is 6.11. The summed E-state index contributed by atoms with van der Waals surface area (Å²) in [6.45, 7) is 3.58. The van der Waals surface area contributed by atoms with Gasteiger partial charge in [0.25, 0.3) is 0 Å². The van der Waals surface area contributed by atoms with Gasteiger partial charge in [-0.1, -0.05) is 18.2 Å². The zero-order valence-corrected chi connectivity index (χ0v) is 10.7. The summed E-state index contributed by atoms with van der Waals surface area (Å²) in [4.78, 5) is 0. The number of fused-ring (bicyclic) bond motifs is 1. The average Bonchev–Trinajstić information content (AvgIpc) is 2.76. The van der Waals surface area contributed by atoms with E-state index < -0.39 is 0 Å². The highest BCUT2D eigenvalue weighted by Gasteiger charge is 2.12. The maximum atomic E-state index is 6.11. The van der Waals surface area contributed by atoms with Crippen LogP contribution in [0.25, 0.3) is 0 Å². The third-order valence-electron chi connectivity index (χ3n) is 3.50. The van der Waals surface area contributed by atoms with Crippen LogP contribution in [0, 0.1) is 0 Å². The molecule has 0 spiro atoms. The third-order valence-corrected chi connectivity index (χ3v) is 3.50. The van der Waals surface area contributed by atoms with Crippen molar-refractivity contribution in [1.29, 1.82) is 0 Å². The minimum absolute atomic E-state index is 0.223. The van der Waals surface area contributed by atoms with Crippen LogP contribution >= 0.6 is 0 Å². The Morgan fingerprint density at radius 1 is 1.29 bits per heavy atom. The topological polar surface area (TPSA) is 35.2 Å². The van der Waals surface area contributed by atoms with Gasteiger partial charge in [0.1, 0.15) is 0 Å². The number of rotatable bonds is 6. The SMILES string of the molecule is CCOCCC(N)Cc1ccc2c(c1)CCC2. The Balaban J connectivity index is 1.86. The van der Waals surface area contributed by atoms with Crippen molar-refractivity contribution in [1.82, 2.24) is 0 Å². The first kappa shape index (κ1) is 12.6. The molecule has 1 aliphatic carbocycles. The molecule has 2 rings (SSSR count). The molecule has 0 fully saturated rings. The predicted octanol–water partition coefficient (Wildman–Crippen LogP) is 2.47. The lowest BCUT2D eigenvalue weighted by atomic mass is 10.00. The fraction of sp³-hybridized carbons (Fsp3) is 0.600. The molecule has 2 nitrogen and oxygen atoms in total. The van der Waals surface area contributed by atoms with Gasteiger partial charge < -0.3 is 10.5 Å². The first-order chi connectivity index (χ1) is 8.29. The van der Waals surface area contributed by atoms with Gasteiger partial charge in [-0.05, 0) is 55.7 Å². The third kappa shape index (κ3) is 3.55. The standard InChI is InChI=1S/C15H23NO/c1-2-17-9-8-15(16)11-12-6-7-13-4-3-5-14(13)10-12/h6-7,10,15H,2-5,8-9,11,16H2,1H3. The molecule has 0 aromatic heterocycles. The highest BCUT2D eigenvalue weighted by molar-refractivity contribution is 5.35. The Kier molecular flexibility index (Phi) is 4.57. The van der Waals surface area contributed by atoms with Crippen LogP contribution in [0.2, 0.25) is 0 Å². The van der Waals surface area contributed by atoms with E-state index in [4.69, 9.17) is 10.5 Å². The average molecular weight is 233 g/mol. The first-order valence-corrected chi connectivity index (χ1v) is 6.73. The van der Waals surface area contributed by atoms with Gasteiger partial charge in [-0.15, -0.1) is 0 Å². The molecular weight excluding hydrogens is 210 g/mol. The summed E-state index contributed by atoms with van der Waals surface area (Å²) in [6.07, 6.45) is 5.74. The Morgan fingerprint density at radius 3 is 2.94 bits per heavy atom. The maximum Gasteiger partial charge on any atom is 0.0480 e. The van der Waals surface area contributed by atoms with Crippen LogP contribution in [0.1, 0.15) is 36.5 Å². The summed E-state index contributed by atoms with van der Waals surface area (Å²) in [7, 11) is 0. The second kappa shape index (κ2) is 6.18. The van der Waals surface area contributed by atoms with E-state index in [0.29, 0.717) is 0 Å². The van der Waals surface area contributed by atoms with E-state index >= 15 is 0 Å². The molecule has 2 heteroatoms. The number of aryl methyl sites for hydroxylation is 2. The van der Waals surface area contributed by atoms with Gasteiger partial charge in [-0.2, -0.15) is 0 Å². The molecule has 0 bridgehead atoms. The van der Waals surface area contributed by atoms with Gasteiger partial charge >= 0.3 is 0 Å². The summed E-state index contributed by atoms with van der Waals surface area (Å²) in [5.74, 6) is 0. The fourth-order valence-electron chi connectivity index (χ4n) is 2.54. The Hall–Kier alpha value is -0.860. The first-order valence-electron chi connectivity index (χ1n) is 6.73.